The highest BCUT2D eigenvalue weighted by atomic mass is 32.2. The first-order valence-corrected chi connectivity index (χ1v) is 9.14. The average molecular weight is 331 g/mol. The number of aromatic nitrogens is 1. The van der Waals surface area contributed by atoms with Crippen LogP contribution in [0.25, 0.3) is 0 Å². The fraction of sp³-hybridized carbons (Fsp3) is 0.667. The van der Waals surface area contributed by atoms with Crippen molar-refractivity contribution in [1.82, 2.24) is 14.2 Å². The second-order valence-electron chi connectivity index (χ2n) is 5.43. The van der Waals surface area contributed by atoms with Gasteiger partial charge in [-0.1, -0.05) is 11.3 Å². The number of sulfonamides is 1. The van der Waals surface area contributed by atoms with Gasteiger partial charge in [0.2, 0.25) is 5.91 Å². The minimum atomic E-state index is -3.64. The van der Waals surface area contributed by atoms with E-state index in [0.717, 1.165) is 12.8 Å². The Hall–Kier alpha value is -1.19. The second kappa shape index (κ2) is 5.22. The van der Waals surface area contributed by atoms with Crippen LogP contribution in [-0.4, -0.2) is 54.7 Å². The van der Waals surface area contributed by atoms with Crippen LogP contribution in [0.5, 0.6) is 0 Å². The van der Waals surface area contributed by atoms with Crippen molar-refractivity contribution in [1.29, 1.82) is 0 Å². The number of carbonyl (C=O) groups excluding carboxylic acids is 1. The predicted octanol–water partition coefficient (Wildman–Crippen LogP) is -0.0123. The van der Waals surface area contributed by atoms with Gasteiger partial charge in [-0.3, -0.25) is 9.59 Å². The number of hydrogen-bond donors (Lipinski definition) is 1. The zero-order chi connectivity index (χ0) is 15.2. The molecule has 0 radical (unpaired) electrons. The van der Waals surface area contributed by atoms with E-state index in [-0.39, 0.29) is 34.0 Å². The number of hydrogen-bond acceptors (Lipinski definition) is 5. The highest BCUT2D eigenvalue weighted by molar-refractivity contribution is 7.91. The van der Waals surface area contributed by atoms with E-state index in [4.69, 9.17) is 0 Å². The van der Waals surface area contributed by atoms with Crippen molar-refractivity contribution in [3.8, 4) is 0 Å². The zero-order valence-electron chi connectivity index (χ0n) is 11.7. The molecule has 21 heavy (non-hydrogen) atoms. The number of nitrogens with zero attached hydrogens (tertiary/aromatic N) is 2. The summed E-state index contributed by atoms with van der Waals surface area (Å²) < 4.78 is 26.5. The van der Waals surface area contributed by atoms with E-state index < -0.39 is 10.0 Å². The Bertz CT molecular complexity index is 709. The Balaban J connectivity index is 1.72. The maximum Gasteiger partial charge on any atom is 0.305 e. The first-order valence-electron chi connectivity index (χ1n) is 6.88. The van der Waals surface area contributed by atoms with Gasteiger partial charge < -0.3 is 9.88 Å². The molecule has 0 spiro atoms. The van der Waals surface area contributed by atoms with Gasteiger partial charge in [-0.15, -0.1) is 0 Å². The molecular weight excluding hydrogens is 314 g/mol. The molecule has 0 unspecified atom stereocenters. The van der Waals surface area contributed by atoms with E-state index in [1.807, 2.05) is 0 Å². The highest BCUT2D eigenvalue weighted by Gasteiger charge is 2.37. The minimum absolute atomic E-state index is 0.0782. The topological polar surface area (TPSA) is 90.5 Å². The third-order valence-electron chi connectivity index (χ3n) is 3.83. The molecule has 2 fully saturated rings. The molecule has 1 N–H and O–H groups in total. The summed E-state index contributed by atoms with van der Waals surface area (Å²) in [5.41, 5.74) is 0.376. The van der Waals surface area contributed by atoms with Crippen molar-refractivity contribution >= 4 is 27.3 Å². The SMILES string of the molecule is Cc1[nH]c(=O)sc1S(=O)(=O)N1CCN(C(=O)C2CC2)CC1. The van der Waals surface area contributed by atoms with Crippen LogP contribution in [0.4, 0.5) is 0 Å². The summed E-state index contributed by atoms with van der Waals surface area (Å²) in [6, 6.07) is 0. The first kappa shape index (κ1) is 14.7. The molecule has 0 bridgehead atoms. The van der Waals surface area contributed by atoms with Gasteiger partial charge in [0.25, 0.3) is 10.0 Å². The lowest BCUT2D eigenvalue weighted by Crippen LogP contribution is -2.50. The van der Waals surface area contributed by atoms with Crippen LogP contribution < -0.4 is 4.87 Å². The number of nitrogens with one attached hydrogen (secondary N) is 1. The van der Waals surface area contributed by atoms with Crippen LogP contribution in [-0.2, 0) is 14.8 Å². The van der Waals surface area contributed by atoms with Crippen molar-refractivity contribution < 1.29 is 13.2 Å². The molecule has 1 aliphatic carbocycles. The van der Waals surface area contributed by atoms with Crippen LogP contribution in [0.3, 0.4) is 0 Å². The summed E-state index contributed by atoms with van der Waals surface area (Å²) >= 11 is 0.716. The van der Waals surface area contributed by atoms with Gasteiger partial charge in [0, 0.05) is 37.8 Å². The minimum Gasteiger partial charge on any atom is -0.340 e. The first-order chi connectivity index (χ1) is 9.89. The standard InChI is InChI=1S/C12H17N3O4S2/c1-8-11(20-12(17)13-8)21(18,19)15-6-4-14(5-7-15)10(16)9-2-3-9/h9H,2-7H2,1H3,(H,13,17). The monoisotopic (exact) mass is 331 g/mol. The van der Waals surface area contributed by atoms with Crippen LogP contribution >= 0.6 is 11.3 Å². The van der Waals surface area contributed by atoms with Gasteiger partial charge >= 0.3 is 4.87 Å². The fourth-order valence-corrected chi connectivity index (χ4v) is 5.35. The molecule has 3 rings (SSSR count). The summed E-state index contributed by atoms with van der Waals surface area (Å²) in [5.74, 6) is 0.305. The lowest BCUT2D eigenvalue weighted by atomic mass is 10.3. The number of amides is 1. The maximum absolute atomic E-state index is 12.5. The summed E-state index contributed by atoms with van der Waals surface area (Å²) in [7, 11) is -3.64. The normalized spacial score (nSPS) is 20.7. The number of thiazole rings is 1. The Labute approximate surface area is 126 Å². The zero-order valence-corrected chi connectivity index (χ0v) is 13.3. The van der Waals surface area contributed by atoms with Crippen LogP contribution in [0.1, 0.15) is 18.5 Å². The number of carbonyl (C=O) groups is 1. The molecule has 1 amide bonds. The van der Waals surface area contributed by atoms with Gasteiger partial charge in [0.1, 0.15) is 0 Å². The Morgan fingerprint density at radius 2 is 1.86 bits per heavy atom. The molecule has 9 heteroatoms. The van der Waals surface area contributed by atoms with Gasteiger partial charge in [-0.2, -0.15) is 4.31 Å². The van der Waals surface area contributed by atoms with Crippen molar-refractivity contribution in [2.24, 2.45) is 5.92 Å². The quantitative estimate of drug-likeness (QED) is 0.843. The second-order valence-corrected chi connectivity index (χ2v) is 8.55. The molecule has 1 aromatic heterocycles. The van der Waals surface area contributed by atoms with Crippen LogP contribution in [0, 0.1) is 12.8 Å². The summed E-state index contributed by atoms with van der Waals surface area (Å²) in [6.45, 7) is 3.00. The average Bonchev–Trinajstić information content (AvgIpc) is 3.23. The van der Waals surface area contributed by atoms with Crippen LogP contribution in [0.15, 0.2) is 9.00 Å². The molecule has 1 saturated heterocycles. The summed E-state index contributed by atoms with van der Waals surface area (Å²) in [5, 5.41) is 0. The molecule has 1 aromatic rings. The molecule has 0 aromatic carbocycles. The van der Waals surface area contributed by atoms with E-state index in [1.165, 1.54) is 4.31 Å². The Morgan fingerprint density at radius 1 is 1.24 bits per heavy atom. The number of H-pyrrole nitrogens is 1. The third-order valence-corrected chi connectivity index (χ3v) is 7.31. The highest BCUT2D eigenvalue weighted by Crippen LogP contribution is 2.31. The number of piperazine rings is 1. The van der Waals surface area contributed by atoms with E-state index in [9.17, 15) is 18.0 Å². The molecule has 0 atom stereocenters. The molecule has 7 nitrogen and oxygen atoms in total. The fourth-order valence-electron chi connectivity index (χ4n) is 2.49. The number of aryl methyl sites for hydroxylation is 1. The number of rotatable bonds is 3. The van der Waals surface area contributed by atoms with Gasteiger partial charge in [-0.25, -0.2) is 8.42 Å². The van der Waals surface area contributed by atoms with Crippen molar-refractivity contribution in [3.63, 3.8) is 0 Å². The van der Waals surface area contributed by atoms with Gasteiger partial charge in [0.05, 0.1) is 0 Å². The van der Waals surface area contributed by atoms with E-state index in [1.54, 1.807) is 11.8 Å². The summed E-state index contributed by atoms with van der Waals surface area (Å²) in [4.78, 5) is 27.1. The molecule has 1 saturated carbocycles. The molecule has 116 valence electrons. The Kier molecular flexibility index (Phi) is 3.66. The smallest absolute Gasteiger partial charge is 0.305 e. The van der Waals surface area contributed by atoms with Gasteiger partial charge in [0.15, 0.2) is 4.21 Å². The lowest BCUT2D eigenvalue weighted by molar-refractivity contribution is -0.133. The summed E-state index contributed by atoms with van der Waals surface area (Å²) in [6.07, 6.45) is 1.90. The van der Waals surface area contributed by atoms with Crippen molar-refractivity contribution in [2.45, 2.75) is 24.0 Å². The largest absolute Gasteiger partial charge is 0.340 e. The number of aromatic amines is 1. The van der Waals surface area contributed by atoms with E-state index in [0.29, 0.717) is 30.1 Å². The lowest BCUT2D eigenvalue weighted by Gasteiger charge is -2.33. The molecular formula is C12H17N3O4S2. The molecule has 1 aliphatic heterocycles. The van der Waals surface area contributed by atoms with Crippen LogP contribution in [0.2, 0.25) is 0 Å². The third kappa shape index (κ3) is 2.77. The maximum atomic E-state index is 12.5. The molecule has 2 aliphatic rings. The van der Waals surface area contributed by atoms with Crippen molar-refractivity contribution in [2.75, 3.05) is 26.2 Å². The van der Waals surface area contributed by atoms with Crippen molar-refractivity contribution in [3.05, 3.63) is 15.4 Å². The molecule has 2 heterocycles. The van der Waals surface area contributed by atoms with Gasteiger partial charge in [-0.05, 0) is 19.8 Å². The predicted molar refractivity (Wildman–Crippen MR) is 77.7 cm³/mol. The Morgan fingerprint density at radius 3 is 2.33 bits per heavy atom. The van der Waals surface area contributed by atoms with E-state index >= 15 is 0 Å². The van der Waals surface area contributed by atoms with E-state index in [2.05, 4.69) is 4.98 Å².